The summed E-state index contributed by atoms with van der Waals surface area (Å²) in [6.45, 7) is 6.90. The van der Waals surface area contributed by atoms with Crippen LogP contribution in [-0.4, -0.2) is 49.3 Å². The van der Waals surface area contributed by atoms with Crippen molar-refractivity contribution >= 4 is 37.2 Å². The van der Waals surface area contributed by atoms with Gasteiger partial charge in [-0.15, -0.1) is 0 Å². The summed E-state index contributed by atoms with van der Waals surface area (Å²) in [5, 5.41) is 0. The number of benzene rings is 4. The van der Waals surface area contributed by atoms with E-state index in [9.17, 15) is 25.9 Å². The van der Waals surface area contributed by atoms with Gasteiger partial charge in [0.1, 0.15) is 26.8 Å². The molecule has 1 aliphatic rings. The molecule has 0 aromatic heterocycles. The molecule has 0 atom stereocenters. The molecule has 0 amide bonds. The fourth-order valence-electron chi connectivity index (χ4n) is 5.61. The Labute approximate surface area is 305 Å². The molecule has 0 aliphatic heterocycles. The SMILES string of the molecule is CCN(Cc1ccccc1)c1ccc(C(=C2C=CC(=[N+](CC)Cc3ccccc3)C=C2)c2cc(S(=O)(=O)[O-])ccc2S(=O)(=O)[O-])cc1.[Na+]. The van der Waals surface area contributed by atoms with Gasteiger partial charge in [0.25, 0.3) is 0 Å². The van der Waals surface area contributed by atoms with Crippen molar-refractivity contribution in [2.24, 2.45) is 0 Å². The number of hydrogen-bond donors (Lipinski definition) is 0. The zero-order valence-corrected chi connectivity index (χ0v) is 30.7. The van der Waals surface area contributed by atoms with Crippen molar-refractivity contribution in [1.29, 1.82) is 0 Å². The molecule has 0 saturated carbocycles. The number of rotatable bonds is 11. The van der Waals surface area contributed by atoms with Crippen LogP contribution in [0.2, 0.25) is 0 Å². The quantitative estimate of drug-likeness (QED) is 0.135. The summed E-state index contributed by atoms with van der Waals surface area (Å²) >= 11 is 0. The summed E-state index contributed by atoms with van der Waals surface area (Å²) in [4.78, 5) is 0.926. The molecule has 0 fully saturated rings. The Hall–Kier alpha value is -3.61. The molecule has 0 unspecified atom stereocenters. The molecule has 5 rings (SSSR count). The van der Waals surface area contributed by atoms with Crippen molar-refractivity contribution in [3.8, 4) is 0 Å². The van der Waals surface area contributed by atoms with Gasteiger partial charge in [0.05, 0.1) is 9.79 Å². The summed E-state index contributed by atoms with van der Waals surface area (Å²) in [7, 11) is -10.0. The summed E-state index contributed by atoms with van der Waals surface area (Å²) in [6.07, 6.45) is 7.40. The molecule has 48 heavy (non-hydrogen) atoms. The molecule has 11 heteroatoms. The second-order valence-corrected chi connectivity index (χ2v) is 13.8. The van der Waals surface area contributed by atoms with Gasteiger partial charge in [-0.1, -0.05) is 72.8 Å². The maximum absolute atomic E-state index is 12.5. The zero-order chi connectivity index (χ0) is 33.6. The van der Waals surface area contributed by atoms with E-state index in [4.69, 9.17) is 0 Å². The first kappa shape index (κ1) is 37.2. The van der Waals surface area contributed by atoms with Crippen molar-refractivity contribution < 1.29 is 60.1 Å². The normalized spacial score (nSPS) is 12.8. The van der Waals surface area contributed by atoms with Gasteiger partial charge in [-0.05, 0) is 78.6 Å². The third-order valence-electron chi connectivity index (χ3n) is 8.02. The van der Waals surface area contributed by atoms with E-state index in [0.717, 1.165) is 53.8 Å². The zero-order valence-electron chi connectivity index (χ0n) is 27.1. The number of anilines is 1. The molecule has 4 aromatic carbocycles. The summed E-state index contributed by atoms with van der Waals surface area (Å²) in [5.74, 6) is 0. The van der Waals surface area contributed by atoms with Crippen LogP contribution in [0.25, 0.3) is 5.57 Å². The first-order valence-corrected chi connectivity index (χ1v) is 18.0. The van der Waals surface area contributed by atoms with Crippen molar-refractivity contribution in [1.82, 2.24) is 0 Å². The van der Waals surface area contributed by atoms with Gasteiger partial charge >= 0.3 is 29.6 Å². The third kappa shape index (κ3) is 9.09. The van der Waals surface area contributed by atoms with Crippen LogP contribution in [0, 0.1) is 0 Å². The minimum absolute atomic E-state index is 0. The number of hydrogen-bond acceptors (Lipinski definition) is 7. The van der Waals surface area contributed by atoms with Crippen LogP contribution in [0.15, 0.2) is 143 Å². The smallest absolute Gasteiger partial charge is 0.744 e. The Bertz CT molecular complexity index is 2070. The van der Waals surface area contributed by atoms with Crippen LogP contribution >= 0.6 is 0 Å². The molecule has 8 nitrogen and oxygen atoms in total. The minimum Gasteiger partial charge on any atom is -0.744 e. The van der Waals surface area contributed by atoms with Gasteiger partial charge in [-0.25, -0.2) is 21.4 Å². The van der Waals surface area contributed by atoms with Gasteiger partial charge in [0.2, 0.25) is 0 Å². The fraction of sp³-hybridized carbons (Fsp3) is 0.162. The molecule has 0 radical (unpaired) electrons. The maximum Gasteiger partial charge on any atom is 1.00 e. The van der Waals surface area contributed by atoms with Gasteiger partial charge in [-0.2, -0.15) is 0 Å². The van der Waals surface area contributed by atoms with Crippen molar-refractivity contribution in [2.75, 3.05) is 18.0 Å². The summed E-state index contributed by atoms with van der Waals surface area (Å²) in [5.41, 5.74) is 5.34. The summed E-state index contributed by atoms with van der Waals surface area (Å²) < 4.78 is 75.8. The number of nitrogens with zero attached hydrogens (tertiary/aromatic N) is 2. The molecular weight excluding hydrogens is 656 g/mol. The fourth-order valence-corrected chi connectivity index (χ4v) is 6.77. The Morgan fingerprint density at radius 3 is 1.81 bits per heavy atom. The standard InChI is InChI=1S/C37H36N2O6S2.Na/c1-3-38(26-28-11-7-5-8-12-28)32-19-15-30(16-20-32)37(35-25-34(46(40,41)42)23-24-36(35)47(43,44)45)31-17-21-33(22-18-31)39(4-2)27-29-13-9-6-10-14-29;/h5-25H,3-4,26-27H2,1-2H3,(H-,40,41,42,43,44,45);/q;+1/p-1. The monoisotopic (exact) mass is 690 g/mol. The molecule has 1 aliphatic carbocycles. The topological polar surface area (TPSA) is 121 Å². The average Bonchev–Trinajstić information content (AvgIpc) is 3.07. The molecule has 242 valence electrons. The van der Waals surface area contributed by atoms with Gasteiger partial charge in [0, 0.05) is 42.1 Å². The van der Waals surface area contributed by atoms with Gasteiger partial charge in [0.15, 0.2) is 12.3 Å². The van der Waals surface area contributed by atoms with E-state index in [1.165, 1.54) is 0 Å². The van der Waals surface area contributed by atoms with Gasteiger partial charge < -0.3 is 14.0 Å². The largest absolute Gasteiger partial charge is 1.00 e. The molecule has 0 saturated heterocycles. The van der Waals surface area contributed by atoms with Crippen LogP contribution in [-0.2, 0) is 33.3 Å². The Balaban J connectivity index is 0.00000520. The van der Waals surface area contributed by atoms with E-state index < -0.39 is 30.0 Å². The average molecular weight is 691 g/mol. The van der Waals surface area contributed by atoms with Crippen molar-refractivity contribution in [3.63, 3.8) is 0 Å². The van der Waals surface area contributed by atoms with E-state index in [0.29, 0.717) is 29.8 Å². The molecule has 0 N–H and O–H groups in total. The first-order chi connectivity index (χ1) is 22.5. The van der Waals surface area contributed by atoms with Gasteiger partial charge in [-0.3, -0.25) is 0 Å². The second-order valence-electron chi connectivity index (χ2n) is 11.0. The molecule has 0 bridgehead atoms. The van der Waals surface area contributed by atoms with Crippen molar-refractivity contribution in [2.45, 2.75) is 36.7 Å². The Morgan fingerprint density at radius 2 is 1.29 bits per heavy atom. The predicted octanol–water partition coefficient (Wildman–Crippen LogP) is 3.13. The summed E-state index contributed by atoms with van der Waals surface area (Å²) in [6, 6.07) is 30.2. The van der Waals surface area contributed by atoms with E-state index in [1.54, 1.807) is 24.3 Å². The van der Waals surface area contributed by atoms with E-state index in [-0.39, 0.29) is 35.1 Å². The van der Waals surface area contributed by atoms with Crippen LogP contribution in [0.5, 0.6) is 0 Å². The molecular formula is C37H35N2NaO6S2. The second kappa shape index (κ2) is 16.2. The van der Waals surface area contributed by atoms with Crippen LogP contribution < -0.4 is 34.5 Å². The minimum atomic E-state index is -5.06. The maximum atomic E-state index is 12.5. The van der Waals surface area contributed by atoms with Crippen molar-refractivity contribution in [3.05, 3.63) is 155 Å². The third-order valence-corrected chi connectivity index (χ3v) is 9.74. The number of allylic oxidation sites excluding steroid dienone is 5. The first-order valence-electron chi connectivity index (χ1n) is 15.2. The molecule has 0 heterocycles. The molecule has 4 aromatic rings. The van der Waals surface area contributed by atoms with E-state index in [2.05, 4.69) is 9.48 Å². The van der Waals surface area contributed by atoms with E-state index in [1.807, 2.05) is 98.8 Å². The van der Waals surface area contributed by atoms with Crippen LogP contribution in [0.3, 0.4) is 0 Å². The van der Waals surface area contributed by atoms with E-state index >= 15 is 0 Å². The molecule has 0 spiro atoms. The Morgan fingerprint density at radius 1 is 0.708 bits per heavy atom. The van der Waals surface area contributed by atoms with Crippen LogP contribution in [0.4, 0.5) is 5.69 Å². The Kier molecular flexibility index (Phi) is 12.6. The van der Waals surface area contributed by atoms with Crippen LogP contribution in [0.1, 0.15) is 36.1 Å². The predicted molar refractivity (Wildman–Crippen MR) is 182 cm³/mol.